The Morgan fingerprint density at radius 3 is 2.67 bits per heavy atom. The zero-order chi connectivity index (χ0) is 17.7. The van der Waals surface area contributed by atoms with Crippen LogP contribution >= 0.6 is 0 Å². The standard InChI is InChI=1S/C17H24F3NO3/c1-4-22-15-9-13(5-6-14(15)24-12(2)3)10-21-7-8-23-16(11-21)17(18,19)20/h5-6,9,12,16H,4,7-8,10-11H2,1-3H3/t16-/m1/s1. The van der Waals surface area contributed by atoms with E-state index in [2.05, 4.69) is 0 Å². The molecule has 0 unspecified atom stereocenters. The first-order valence-electron chi connectivity index (χ1n) is 8.12. The van der Waals surface area contributed by atoms with Gasteiger partial charge in [-0.3, -0.25) is 4.90 Å². The minimum absolute atomic E-state index is 0.0156. The smallest absolute Gasteiger partial charge is 0.415 e. The van der Waals surface area contributed by atoms with Crippen molar-refractivity contribution in [2.45, 2.75) is 45.7 Å². The molecular weight excluding hydrogens is 323 g/mol. The van der Waals surface area contributed by atoms with E-state index < -0.39 is 12.3 Å². The molecule has 1 aromatic carbocycles. The first kappa shape index (κ1) is 18.9. The molecule has 1 aromatic rings. The van der Waals surface area contributed by atoms with Crippen LogP contribution in [0.5, 0.6) is 11.5 Å². The number of hydrogen-bond donors (Lipinski definition) is 0. The first-order chi connectivity index (χ1) is 11.3. The van der Waals surface area contributed by atoms with Crippen molar-refractivity contribution in [1.82, 2.24) is 4.90 Å². The fourth-order valence-corrected chi connectivity index (χ4v) is 2.57. The quantitative estimate of drug-likeness (QED) is 0.786. The van der Waals surface area contributed by atoms with E-state index in [0.29, 0.717) is 31.2 Å². The minimum Gasteiger partial charge on any atom is -0.490 e. The van der Waals surface area contributed by atoms with Crippen LogP contribution in [0.1, 0.15) is 26.3 Å². The second-order valence-corrected chi connectivity index (χ2v) is 6.02. The Morgan fingerprint density at radius 1 is 1.29 bits per heavy atom. The Morgan fingerprint density at radius 2 is 2.04 bits per heavy atom. The Bertz CT molecular complexity index is 534. The van der Waals surface area contributed by atoms with Crippen molar-refractivity contribution in [3.05, 3.63) is 23.8 Å². The van der Waals surface area contributed by atoms with Gasteiger partial charge in [0.15, 0.2) is 17.6 Å². The van der Waals surface area contributed by atoms with E-state index in [-0.39, 0.29) is 19.3 Å². The van der Waals surface area contributed by atoms with Gasteiger partial charge in [-0.25, -0.2) is 0 Å². The predicted octanol–water partition coefficient (Wildman–Crippen LogP) is 3.64. The lowest BCUT2D eigenvalue weighted by Crippen LogP contribution is -2.48. The van der Waals surface area contributed by atoms with E-state index in [1.807, 2.05) is 39.0 Å². The summed E-state index contributed by atoms with van der Waals surface area (Å²) in [6, 6.07) is 5.50. The summed E-state index contributed by atoms with van der Waals surface area (Å²) in [6.07, 6.45) is -6.03. The topological polar surface area (TPSA) is 30.9 Å². The second-order valence-electron chi connectivity index (χ2n) is 6.02. The molecule has 24 heavy (non-hydrogen) atoms. The van der Waals surface area contributed by atoms with E-state index >= 15 is 0 Å². The summed E-state index contributed by atoms with van der Waals surface area (Å²) in [5.41, 5.74) is 0.886. The summed E-state index contributed by atoms with van der Waals surface area (Å²) in [6.45, 7) is 7.03. The zero-order valence-electron chi connectivity index (χ0n) is 14.2. The highest BCUT2D eigenvalue weighted by molar-refractivity contribution is 5.43. The number of hydrogen-bond acceptors (Lipinski definition) is 4. The van der Waals surface area contributed by atoms with E-state index in [4.69, 9.17) is 14.2 Å². The molecular formula is C17H24F3NO3. The van der Waals surface area contributed by atoms with E-state index in [9.17, 15) is 13.2 Å². The maximum absolute atomic E-state index is 12.8. The van der Waals surface area contributed by atoms with Gasteiger partial charge in [-0.2, -0.15) is 13.2 Å². The molecule has 0 spiro atoms. The van der Waals surface area contributed by atoms with Gasteiger partial charge in [-0.15, -0.1) is 0 Å². The van der Waals surface area contributed by atoms with Crippen LogP contribution in [0.15, 0.2) is 18.2 Å². The molecule has 1 fully saturated rings. The minimum atomic E-state index is -4.33. The molecule has 2 rings (SSSR count). The van der Waals surface area contributed by atoms with E-state index in [0.717, 1.165) is 5.56 Å². The van der Waals surface area contributed by atoms with Crippen molar-refractivity contribution in [2.24, 2.45) is 0 Å². The highest BCUT2D eigenvalue weighted by atomic mass is 19.4. The SMILES string of the molecule is CCOc1cc(CN2CCO[C@@H](C(F)(F)F)C2)ccc1OC(C)C. The Labute approximate surface area is 140 Å². The van der Waals surface area contributed by atoms with Crippen LogP contribution in [0.2, 0.25) is 0 Å². The van der Waals surface area contributed by atoms with Gasteiger partial charge < -0.3 is 14.2 Å². The van der Waals surface area contributed by atoms with Crippen molar-refractivity contribution in [2.75, 3.05) is 26.3 Å². The van der Waals surface area contributed by atoms with Gasteiger partial charge >= 0.3 is 6.18 Å². The fraction of sp³-hybridized carbons (Fsp3) is 0.647. The van der Waals surface area contributed by atoms with Crippen molar-refractivity contribution in [3.63, 3.8) is 0 Å². The molecule has 1 heterocycles. The number of ether oxygens (including phenoxy) is 3. The van der Waals surface area contributed by atoms with Gasteiger partial charge in [0.25, 0.3) is 0 Å². The molecule has 0 N–H and O–H groups in total. The molecule has 1 aliphatic rings. The van der Waals surface area contributed by atoms with Crippen LogP contribution in [-0.2, 0) is 11.3 Å². The third-order valence-corrected chi connectivity index (χ3v) is 3.59. The van der Waals surface area contributed by atoms with Crippen molar-refractivity contribution in [3.8, 4) is 11.5 Å². The summed E-state index contributed by atoms with van der Waals surface area (Å²) in [5.74, 6) is 1.26. The molecule has 136 valence electrons. The third-order valence-electron chi connectivity index (χ3n) is 3.59. The first-order valence-corrected chi connectivity index (χ1v) is 8.12. The maximum atomic E-state index is 12.8. The molecule has 0 bridgehead atoms. The summed E-state index contributed by atoms with van der Waals surface area (Å²) >= 11 is 0. The van der Waals surface area contributed by atoms with Crippen LogP contribution in [-0.4, -0.2) is 49.6 Å². The predicted molar refractivity (Wildman–Crippen MR) is 84.4 cm³/mol. The molecule has 4 nitrogen and oxygen atoms in total. The lowest BCUT2D eigenvalue weighted by atomic mass is 10.1. The molecule has 0 amide bonds. The van der Waals surface area contributed by atoms with Crippen LogP contribution in [0.25, 0.3) is 0 Å². The monoisotopic (exact) mass is 347 g/mol. The average molecular weight is 347 g/mol. The van der Waals surface area contributed by atoms with Gasteiger partial charge in [0.05, 0.1) is 19.3 Å². The second kappa shape index (κ2) is 8.07. The third kappa shape index (κ3) is 5.27. The molecule has 0 saturated carbocycles. The molecule has 0 aromatic heterocycles. The summed E-state index contributed by atoms with van der Waals surface area (Å²) < 4.78 is 54.5. The molecule has 0 aliphatic carbocycles. The lowest BCUT2D eigenvalue weighted by molar-refractivity contribution is -0.237. The molecule has 0 radical (unpaired) electrons. The summed E-state index contributed by atoms with van der Waals surface area (Å²) in [5, 5.41) is 0. The number of halogens is 3. The van der Waals surface area contributed by atoms with Gasteiger partial charge in [-0.1, -0.05) is 6.07 Å². The number of rotatable bonds is 6. The number of morpholine rings is 1. The van der Waals surface area contributed by atoms with E-state index in [1.54, 1.807) is 4.90 Å². The highest BCUT2D eigenvalue weighted by Gasteiger charge is 2.43. The normalized spacial score (nSPS) is 19.5. The lowest BCUT2D eigenvalue weighted by Gasteiger charge is -2.33. The average Bonchev–Trinajstić information content (AvgIpc) is 2.49. The van der Waals surface area contributed by atoms with Crippen LogP contribution in [0.3, 0.4) is 0 Å². The van der Waals surface area contributed by atoms with Crippen LogP contribution in [0, 0.1) is 0 Å². The van der Waals surface area contributed by atoms with Crippen molar-refractivity contribution in [1.29, 1.82) is 0 Å². The Kier molecular flexibility index (Phi) is 6.34. The fourth-order valence-electron chi connectivity index (χ4n) is 2.57. The summed E-state index contributed by atoms with van der Waals surface area (Å²) in [7, 11) is 0. The van der Waals surface area contributed by atoms with Gasteiger partial charge in [0, 0.05) is 19.6 Å². The number of benzene rings is 1. The van der Waals surface area contributed by atoms with Gasteiger partial charge in [-0.05, 0) is 38.5 Å². The van der Waals surface area contributed by atoms with Gasteiger partial charge in [0.1, 0.15) is 0 Å². The summed E-state index contributed by atoms with van der Waals surface area (Å²) in [4.78, 5) is 1.75. The molecule has 7 heteroatoms. The largest absolute Gasteiger partial charge is 0.490 e. The highest BCUT2D eigenvalue weighted by Crippen LogP contribution is 2.31. The Balaban J connectivity index is 2.07. The van der Waals surface area contributed by atoms with Crippen molar-refractivity contribution >= 4 is 0 Å². The van der Waals surface area contributed by atoms with Gasteiger partial charge in [0.2, 0.25) is 0 Å². The van der Waals surface area contributed by atoms with Crippen LogP contribution < -0.4 is 9.47 Å². The van der Waals surface area contributed by atoms with Crippen molar-refractivity contribution < 1.29 is 27.4 Å². The van der Waals surface area contributed by atoms with Crippen LogP contribution in [0.4, 0.5) is 13.2 Å². The molecule has 1 aliphatic heterocycles. The zero-order valence-corrected chi connectivity index (χ0v) is 14.2. The number of nitrogens with zero attached hydrogens (tertiary/aromatic N) is 1. The number of alkyl halides is 3. The maximum Gasteiger partial charge on any atom is 0.415 e. The Hall–Kier alpha value is -1.47. The van der Waals surface area contributed by atoms with E-state index in [1.165, 1.54) is 0 Å². The molecule has 1 atom stereocenters. The molecule has 1 saturated heterocycles.